The Morgan fingerprint density at radius 1 is 1.00 bits per heavy atom. The second-order valence-corrected chi connectivity index (χ2v) is 7.28. The summed E-state index contributed by atoms with van der Waals surface area (Å²) in [5.41, 5.74) is 8.59. The van der Waals surface area contributed by atoms with E-state index in [0.717, 1.165) is 25.0 Å². The molecule has 1 amide bonds. The highest BCUT2D eigenvalue weighted by Gasteiger charge is 2.07. The van der Waals surface area contributed by atoms with Crippen LogP contribution in [-0.2, 0) is 22.4 Å². The van der Waals surface area contributed by atoms with Crippen molar-refractivity contribution in [3.8, 4) is 0 Å². The summed E-state index contributed by atoms with van der Waals surface area (Å²) in [6.45, 7) is 0. The molecule has 0 bridgehead atoms. The van der Waals surface area contributed by atoms with Crippen molar-refractivity contribution >= 4 is 34.8 Å². The molecule has 0 radical (unpaired) electrons. The third kappa shape index (κ3) is 8.13. The molecule has 33 heavy (non-hydrogen) atoms. The minimum atomic E-state index is -0.948. The average Bonchev–Trinajstić information content (AvgIpc) is 3.16. The molecule has 7 N–H and O–H groups in total. The summed E-state index contributed by atoms with van der Waals surface area (Å²) in [6.07, 6.45) is 2.69. The zero-order valence-corrected chi connectivity index (χ0v) is 18.2. The number of nitrogens with zero attached hydrogens (tertiary/aromatic N) is 1. The number of benzene rings is 1. The number of nitrogens with one attached hydrogen (secondary N) is 3. The largest absolute Gasteiger partial charge is 0.481 e. The maximum atomic E-state index is 11.8. The van der Waals surface area contributed by atoms with Crippen LogP contribution in [0.15, 0.2) is 35.1 Å². The molecule has 0 atom stereocenters. The Morgan fingerprint density at radius 3 is 2.21 bits per heavy atom. The van der Waals surface area contributed by atoms with Crippen LogP contribution in [0.5, 0.6) is 0 Å². The lowest BCUT2D eigenvalue weighted by Crippen LogP contribution is -2.17. The Kier molecular flexibility index (Phi) is 9.16. The van der Waals surface area contributed by atoms with E-state index in [1.165, 1.54) is 5.56 Å². The van der Waals surface area contributed by atoms with Crippen LogP contribution in [0, 0.1) is 0 Å². The van der Waals surface area contributed by atoms with Crippen LogP contribution < -0.4 is 16.6 Å². The van der Waals surface area contributed by atoms with Crippen LogP contribution in [-0.4, -0.2) is 50.1 Å². The number of aliphatic carboxylic acids is 2. The van der Waals surface area contributed by atoms with Crippen molar-refractivity contribution in [2.75, 3.05) is 12.8 Å². The van der Waals surface area contributed by atoms with E-state index in [1.807, 2.05) is 30.3 Å². The van der Waals surface area contributed by atoms with Crippen molar-refractivity contribution < 1.29 is 24.6 Å². The fraction of sp³-hybridized carbons (Fsp3) is 0.318. The Bertz CT molecular complexity index is 1150. The predicted molar refractivity (Wildman–Crippen MR) is 122 cm³/mol. The molecular formula is C22H27N5O6. The van der Waals surface area contributed by atoms with Crippen LogP contribution in [0.25, 0.3) is 11.0 Å². The Labute approximate surface area is 189 Å². The number of aromatic nitrogens is 3. The molecule has 0 fully saturated rings. The van der Waals surface area contributed by atoms with Gasteiger partial charge in [-0.1, -0.05) is 12.1 Å². The highest BCUT2D eigenvalue weighted by molar-refractivity contribution is 5.93. The lowest BCUT2D eigenvalue weighted by Gasteiger charge is -2.03. The summed E-state index contributed by atoms with van der Waals surface area (Å²) in [5.74, 6) is -1.87. The van der Waals surface area contributed by atoms with Crippen molar-refractivity contribution in [3.63, 3.8) is 0 Å². The van der Waals surface area contributed by atoms with Gasteiger partial charge in [-0.15, -0.1) is 0 Å². The van der Waals surface area contributed by atoms with Gasteiger partial charge in [0.2, 0.25) is 5.95 Å². The number of nitrogens with two attached hydrogens (primary N) is 1. The molecule has 11 nitrogen and oxygen atoms in total. The zero-order valence-electron chi connectivity index (χ0n) is 18.2. The number of hydrogen-bond donors (Lipinski definition) is 6. The number of carbonyl (C=O) groups excluding carboxylic acids is 1. The number of hydrogen-bond acceptors (Lipinski definition) is 6. The summed E-state index contributed by atoms with van der Waals surface area (Å²) < 4.78 is 0. The first kappa shape index (κ1) is 25.1. The molecule has 0 aliphatic carbocycles. The van der Waals surface area contributed by atoms with Crippen molar-refractivity contribution in [1.82, 2.24) is 20.3 Å². The van der Waals surface area contributed by atoms with Gasteiger partial charge in [0.25, 0.3) is 11.5 Å². The number of anilines is 1. The maximum absolute atomic E-state index is 11.8. The molecule has 0 aliphatic rings. The molecular weight excluding hydrogens is 430 g/mol. The van der Waals surface area contributed by atoms with Gasteiger partial charge in [-0.05, 0) is 49.4 Å². The van der Waals surface area contributed by atoms with E-state index < -0.39 is 11.9 Å². The Hall–Kier alpha value is -4.15. The predicted octanol–water partition coefficient (Wildman–Crippen LogP) is 1.69. The fourth-order valence-electron chi connectivity index (χ4n) is 3.07. The first-order valence-corrected chi connectivity index (χ1v) is 10.3. The number of H-pyrrole nitrogens is 2. The van der Waals surface area contributed by atoms with Crippen LogP contribution in [0.4, 0.5) is 5.95 Å². The quantitative estimate of drug-likeness (QED) is 0.279. The van der Waals surface area contributed by atoms with E-state index in [0.29, 0.717) is 16.6 Å². The molecule has 2 aromatic heterocycles. The number of rotatable bonds is 9. The van der Waals surface area contributed by atoms with E-state index in [9.17, 15) is 19.2 Å². The highest BCUT2D eigenvalue weighted by Crippen LogP contribution is 2.13. The van der Waals surface area contributed by atoms with E-state index in [2.05, 4.69) is 20.3 Å². The van der Waals surface area contributed by atoms with E-state index >= 15 is 0 Å². The van der Waals surface area contributed by atoms with Gasteiger partial charge in [-0.3, -0.25) is 24.2 Å². The maximum Gasteiger partial charge on any atom is 0.303 e. The lowest BCUT2D eigenvalue weighted by atomic mass is 10.0. The standard InChI is InChI=1S/C17H19N5O2.C5H8O4/c1-19-15(23)11-7-5-10(6-8-11)3-2-4-12-9-13-14(20-12)21-17(18)22-16(13)24;6-4(7)2-1-3-5(8)9/h5-9H,2-4H2,1H3,(H,19,23)(H4,18,20,21,22,24);1-3H2,(H,6,7)(H,8,9). The summed E-state index contributed by atoms with van der Waals surface area (Å²) in [4.78, 5) is 52.6. The van der Waals surface area contributed by atoms with Crippen molar-refractivity contribution in [3.05, 3.63) is 57.5 Å². The molecule has 0 saturated carbocycles. The van der Waals surface area contributed by atoms with Crippen molar-refractivity contribution in [2.24, 2.45) is 0 Å². The first-order chi connectivity index (χ1) is 15.7. The van der Waals surface area contributed by atoms with E-state index in [1.54, 1.807) is 7.05 Å². The summed E-state index contributed by atoms with van der Waals surface area (Å²) in [6, 6.07) is 9.38. The van der Waals surface area contributed by atoms with Crippen LogP contribution in [0.1, 0.15) is 47.3 Å². The molecule has 0 saturated heterocycles. The molecule has 0 spiro atoms. The second kappa shape index (κ2) is 12.0. The number of nitrogen functional groups attached to an aromatic ring is 1. The summed E-state index contributed by atoms with van der Waals surface area (Å²) in [5, 5.41) is 19.2. The molecule has 3 rings (SSSR count). The lowest BCUT2D eigenvalue weighted by molar-refractivity contribution is -0.138. The SMILES string of the molecule is CNC(=O)c1ccc(CCCc2cc3c(=O)[nH]c(N)nc3[nH]2)cc1.O=C(O)CCCC(=O)O. The van der Waals surface area contributed by atoms with Gasteiger partial charge in [0.15, 0.2) is 0 Å². The van der Waals surface area contributed by atoms with Crippen LogP contribution >= 0.6 is 0 Å². The number of amides is 1. The second-order valence-electron chi connectivity index (χ2n) is 7.28. The van der Waals surface area contributed by atoms with Gasteiger partial charge in [-0.2, -0.15) is 4.98 Å². The smallest absolute Gasteiger partial charge is 0.303 e. The number of carboxylic acid groups (broad SMARTS) is 2. The Balaban J connectivity index is 0.000000365. The number of carboxylic acids is 2. The van der Waals surface area contributed by atoms with Gasteiger partial charge in [-0.25, -0.2) is 0 Å². The number of aryl methyl sites for hydroxylation is 2. The van der Waals surface area contributed by atoms with E-state index in [-0.39, 0.29) is 36.7 Å². The van der Waals surface area contributed by atoms with Crippen LogP contribution in [0.2, 0.25) is 0 Å². The normalized spacial score (nSPS) is 10.3. The van der Waals surface area contributed by atoms with E-state index in [4.69, 9.17) is 15.9 Å². The number of aromatic amines is 2. The minimum Gasteiger partial charge on any atom is -0.481 e. The van der Waals surface area contributed by atoms with Gasteiger partial charge in [0.05, 0.1) is 5.39 Å². The molecule has 2 heterocycles. The van der Waals surface area contributed by atoms with Crippen LogP contribution in [0.3, 0.4) is 0 Å². The zero-order chi connectivity index (χ0) is 24.4. The molecule has 1 aromatic carbocycles. The van der Waals surface area contributed by atoms with Gasteiger partial charge in [0.1, 0.15) is 5.65 Å². The molecule has 3 aromatic rings. The summed E-state index contributed by atoms with van der Waals surface area (Å²) in [7, 11) is 1.62. The minimum absolute atomic E-state index is 0.0632. The topological polar surface area (TPSA) is 191 Å². The monoisotopic (exact) mass is 457 g/mol. The van der Waals surface area contributed by atoms with Crippen molar-refractivity contribution in [2.45, 2.75) is 38.5 Å². The third-order valence-electron chi connectivity index (χ3n) is 4.71. The molecule has 176 valence electrons. The average molecular weight is 457 g/mol. The van der Waals surface area contributed by atoms with Crippen molar-refractivity contribution in [1.29, 1.82) is 0 Å². The van der Waals surface area contributed by atoms with Gasteiger partial charge in [0, 0.05) is 31.1 Å². The Morgan fingerprint density at radius 2 is 1.64 bits per heavy atom. The first-order valence-electron chi connectivity index (χ1n) is 10.3. The van der Waals surface area contributed by atoms with Gasteiger partial charge >= 0.3 is 11.9 Å². The third-order valence-corrected chi connectivity index (χ3v) is 4.71. The fourth-order valence-corrected chi connectivity index (χ4v) is 3.07. The molecule has 0 unspecified atom stereocenters. The number of fused-ring (bicyclic) bond motifs is 1. The number of carbonyl (C=O) groups is 3. The summed E-state index contributed by atoms with van der Waals surface area (Å²) >= 11 is 0. The molecule has 11 heteroatoms. The molecule has 0 aliphatic heterocycles. The highest BCUT2D eigenvalue weighted by atomic mass is 16.4. The van der Waals surface area contributed by atoms with Gasteiger partial charge < -0.3 is 26.2 Å².